The van der Waals surface area contributed by atoms with Gasteiger partial charge in [0.15, 0.2) is 0 Å². The summed E-state index contributed by atoms with van der Waals surface area (Å²) in [4.78, 5) is 30.2. The molecule has 2 aromatic heterocycles. The summed E-state index contributed by atoms with van der Waals surface area (Å²) in [5.74, 6) is 0.291. The number of methoxy groups -OCH3 is 1. The molecule has 2 aromatic carbocycles. The number of nitrogens with one attached hydrogen (secondary N) is 3. The maximum Gasteiger partial charge on any atom is 0.270 e. The Balaban J connectivity index is 1.59. The Morgan fingerprint density at radius 3 is 2.60 bits per heavy atom. The second kappa shape index (κ2) is 8.44. The first-order valence-corrected chi connectivity index (χ1v) is 9.25. The molecular formula is C22H19N5O3. The average molecular weight is 401 g/mol. The standard InChI is InChI=1S/C22H19N5O3/c1-30-16-8-10-17-15(13-16)7-9-18(24-17)21(28)26-20(14-5-3-2-4-6-14)22(29)25-19-11-12-23-27-19/h2-13,20H,1H3,(H,26,28)(H2,23,25,27,29). The maximum atomic E-state index is 12.9. The van der Waals surface area contributed by atoms with Crippen molar-refractivity contribution in [3.05, 3.63) is 84.2 Å². The van der Waals surface area contributed by atoms with E-state index >= 15 is 0 Å². The first-order chi connectivity index (χ1) is 14.6. The highest BCUT2D eigenvalue weighted by Crippen LogP contribution is 2.20. The number of amides is 2. The molecule has 0 aliphatic rings. The number of pyridine rings is 1. The first-order valence-electron chi connectivity index (χ1n) is 9.25. The molecule has 1 unspecified atom stereocenters. The third kappa shape index (κ3) is 4.12. The zero-order valence-corrected chi connectivity index (χ0v) is 16.1. The molecule has 8 heteroatoms. The Morgan fingerprint density at radius 2 is 1.87 bits per heavy atom. The molecule has 0 radical (unpaired) electrons. The second-order valence-electron chi connectivity index (χ2n) is 6.53. The van der Waals surface area contributed by atoms with Crippen LogP contribution in [-0.2, 0) is 4.79 Å². The number of nitrogens with zero attached hydrogens (tertiary/aromatic N) is 2. The number of benzene rings is 2. The van der Waals surface area contributed by atoms with Crippen LogP contribution in [0, 0.1) is 0 Å². The molecular weight excluding hydrogens is 382 g/mol. The Labute approximate surface area is 172 Å². The summed E-state index contributed by atoms with van der Waals surface area (Å²) in [5, 5.41) is 12.8. The van der Waals surface area contributed by atoms with Crippen molar-refractivity contribution < 1.29 is 14.3 Å². The highest BCUT2D eigenvalue weighted by molar-refractivity contribution is 6.01. The number of hydrogen-bond acceptors (Lipinski definition) is 5. The van der Waals surface area contributed by atoms with Crippen molar-refractivity contribution >= 4 is 28.5 Å². The topological polar surface area (TPSA) is 109 Å². The molecule has 3 N–H and O–H groups in total. The predicted molar refractivity (Wildman–Crippen MR) is 112 cm³/mol. The van der Waals surface area contributed by atoms with Crippen molar-refractivity contribution in [1.82, 2.24) is 20.5 Å². The number of H-pyrrole nitrogens is 1. The van der Waals surface area contributed by atoms with E-state index < -0.39 is 17.9 Å². The van der Waals surface area contributed by atoms with E-state index in [2.05, 4.69) is 25.8 Å². The van der Waals surface area contributed by atoms with Gasteiger partial charge in [-0.3, -0.25) is 14.7 Å². The van der Waals surface area contributed by atoms with E-state index in [0.717, 1.165) is 5.39 Å². The van der Waals surface area contributed by atoms with Gasteiger partial charge in [0.1, 0.15) is 23.3 Å². The number of carbonyl (C=O) groups is 2. The minimum atomic E-state index is -0.907. The molecule has 4 aromatic rings. The number of aromatic nitrogens is 3. The van der Waals surface area contributed by atoms with Crippen LogP contribution in [0.15, 0.2) is 72.9 Å². The number of anilines is 1. The molecule has 0 bridgehead atoms. The third-order valence-electron chi connectivity index (χ3n) is 4.56. The van der Waals surface area contributed by atoms with Gasteiger partial charge in [-0.2, -0.15) is 5.10 Å². The Kier molecular flexibility index (Phi) is 5.38. The van der Waals surface area contributed by atoms with Crippen LogP contribution >= 0.6 is 0 Å². The van der Waals surface area contributed by atoms with Gasteiger partial charge in [-0.15, -0.1) is 0 Å². The molecule has 2 heterocycles. The summed E-state index contributed by atoms with van der Waals surface area (Å²) in [5.41, 5.74) is 1.51. The first kappa shape index (κ1) is 19.1. The third-order valence-corrected chi connectivity index (χ3v) is 4.56. The molecule has 0 saturated heterocycles. The van der Waals surface area contributed by atoms with Crippen molar-refractivity contribution in [1.29, 1.82) is 0 Å². The van der Waals surface area contributed by atoms with Gasteiger partial charge in [-0.05, 0) is 29.8 Å². The molecule has 150 valence electrons. The number of fused-ring (bicyclic) bond motifs is 1. The zero-order valence-electron chi connectivity index (χ0n) is 16.1. The lowest BCUT2D eigenvalue weighted by atomic mass is 10.1. The number of aromatic amines is 1. The van der Waals surface area contributed by atoms with Gasteiger partial charge < -0.3 is 15.4 Å². The van der Waals surface area contributed by atoms with E-state index in [1.54, 1.807) is 61.7 Å². The Morgan fingerprint density at radius 1 is 1.03 bits per heavy atom. The van der Waals surface area contributed by atoms with Gasteiger partial charge in [0.2, 0.25) is 0 Å². The minimum absolute atomic E-state index is 0.211. The monoisotopic (exact) mass is 401 g/mol. The minimum Gasteiger partial charge on any atom is -0.497 e. The van der Waals surface area contributed by atoms with Crippen molar-refractivity contribution in [3.63, 3.8) is 0 Å². The SMILES string of the molecule is COc1ccc2nc(C(=O)NC(C(=O)Nc3ccn[nH]3)c3ccccc3)ccc2c1. The van der Waals surface area contributed by atoms with Crippen molar-refractivity contribution in [2.75, 3.05) is 12.4 Å². The van der Waals surface area contributed by atoms with E-state index in [1.807, 2.05) is 12.1 Å². The summed E-state index contributed by atoms with van der Waals surface area (Å²) >= 11 is 0. The molecule has 0 fully saturated rings. The summed E-state index contributed by atoms with van der Waals surface area (Å²) in [6.07, 6.45) is 1.53. The van der Waals surface area contributed by atoms with Gasteiger partial charge in [0, 0.05) is 11.5 Å². The fourth-order valence-corrected chi connectivity index (χ4v) is 3.04. The predicted octanol–water partition coefficient (Wildman–Crippen LogP) is 3.08. The van der Waals surface area contributed by atoms with E-state index in [-0.39, 0.29) is 5.69 Å². The van der Waals surface area contributed by atoms with E-state index in [0.29, 0.717) is 22.6 Å². The molecule has 0 aliphatic carbocycles. The number of rotatable bonds is 6. The normalized spacial score (nSPS) is 11.6. The summed E-state index contributed by atoms with van der Waals surface area (Å²) in [7, 11) is 1.59. The molecule has 8 nitrogen and oxygen atoms in total. The van der Waals surface area contributed by atoms with Crippen LogP contribution in [0.4, 0.5) is 5.82 Å². The van der Waals surface area contributed by atoms with Crippen LogP contribution in [0.5, 0.6) is 5.75 Å². The van der Waals surface area contributed by atoms with Crippen molar-refractivity contribution in [2.45, 2.75) is 6.04 Å². The van der Waals surface area contributed by atoms with Crippen LogP contribution in [0.2, 0.25) is 0 Å². The molecule has 1 atom stereocenters. The summed E-state index contributed by atoms with van der Waals surface area (Å²) in [6, 6.07) is 18.5. The smallest absolute Gasteiger partial charge is 0.270 e. The van der Waals surface area contributed by atoms with Crippen molar-refractivity contribution in [3.8, 4) is 5.75 Å². The molecule has 0 aliphatic heterocycles. The molecule has 2 amide bonds. The summed E-state index contributed by atoms with van der Waals surface area (Å²) < 4.78 is 5.21. The van der Waals surface area contributed by atoms with Gasteiger partial charge in [0.25, 0.3) is 11.8 Å². The molecule has 0 saturated carbocycles. The van der Waals surface area contributed by atoms with E-state index in [4.69, 9.17) is 4.74 Å². The highest BCUT2D eigenvalue weighted by atomic mass is 16.5. The lowest BCUT2D eigenvalue weighted by molar-refractivity contribution is -0.118. The quantitative estimate of drug-likeness (QED) is 0.460. The molecule has 30 heavy (non-hydrogen) atoms. The Hall–Kier alpha value is -4.20. The van der Waals surface area contributed by atoms with Crippen LogP contribution < -0.4 is 15.4 Å². The van der Waals surface area contributed by atoms with Gasteiger partial charge in [0.05, 0.1) is 18.8 Å². The van der Waals surface area contributed by atoms with Crippen LogP contribution in [0.25, 0.3) is 10.9 Å². The average Bonchev–Trinajstić information content (AvgIpc) is 3.30. The van der Waals surface area contributed by atoms with Crippen molar-refractivity contribution in [2.24, 2.45) is 0 Å². The number of carbonyl (C=O) groups excluding carboxylic acids is 2. The van der Waals surface area contributed by atoms with E-state index in [9.17, 15) is 9.59 Å². The lowest BCUT2D eigenvalue weighted by Gasteiger charge is -2.18. The van der Waals surface area contributed by atoms with E-state index in [1.165, 1.54) is 6.20 Å². The number of ether oxygens (including phenoxy) is 1. The number of hydrogen-bond donors (Lipinski definition) is 3. The Bertz CT molecular complexity index is 1180. The highest BCUT2D eigenvalue weighted by Gasteiger charge is 2.24. The molecule has 0 spiro atoms. The largest absolute Gasteiger partial charge is 0.497 e. The second-order valence-corrected chi connectivity index (χ2v) is 6.53. The fraction of sp³-hybridized carbons (Fsp3) is 0.0909. The lowest BCUT2D eigenvalue weighted by Crippen LogP contribution is -2.37. The maximum absolute atomic E-state index is 12.9. The zero-order chi connectivity index (χ0) is 20.9. The fourth-order valence-electron chi connectivity index (χ4n) is 3.04. The van der Waals surface area contributed by atoms with Crippen LogP contribution in [0.3, 0.4) is 0 Å². The summed E-state index contributed by atoms with van der Waals surface area (Å²) in [6.45, 7) is 0. The van der Waals surface area contributed by atoms with Crippen LogP contribution in [-0.4, -0.2) is 34.1 Å². The molecule has 4 rings (SSSR count). The van der Waals surface area contributed by atoms with Gasteiger partial charge in [-0.25, -0.2) is 4.98 Å². The van der Waals surface area contributed by atoms with Gasteiger partial charge >= 0.3 is 0 Å². The van der Waals surface area contributed by atoms with Gasteiger partial charge in [-0.1, -0.05) is 36.4 Å². The van der Waals surface area contributed by atoms with Crippen LogP contribution in [0.1, 0.15) is 22.1 Å².